The van der Waals surface area contributed by atoms with E-state index in [4.69, 9.17) is 37.0 Å². The fourth-order valence-corrected chi connectivity index (χ4v) is 11.2. The van der Waals surface area contributed by atoms with Crippen LogP contribution in [0.15, 0.2) is 0 Å². The molecule has 0 saturated heterocycles. The van der Waals surface area contributed by atoms with Crippen molar-refractivity contribution in [2.24, 2.45) is 17.8 Å². The Morgan fingerprint density at radius 3 is 0.810 bits per heavy atom. The van der Waals surface area contributed by atoms with Gasteiger partial charge in [-0.2, -0.15) is 0 Å². The van der Waals surface area contributed by atoms with E-state index in [9.17, 15) is 43.2 Å². The molecule has 19 heteroatoms. The maximum absolute atomic E-state index is 13.0. The molecule has 0 aromatic carbocycles. The van der Waals surface area contributed by atoms with Gasteiger partial charge in [-0.05, 0) is 43.4 Å². The van der Waals surface area contributed by atoms with E-state index in [2.05, 4.69) is 48.5 Å². The van der Waals surface area contributed by atoms with E-state index in [0.717, 1.165) is 108 Å². The van der Waals surface area contributed by atoms with Crippen LogP contribution in [0.2, 0.25) is 0 Å². The third kappa shape index (κ3) is 59.0. The fraction of sp³-hybridized carbons (Fsp3) is 0.938. The van der Waals surface area contributed by atoms with Gasteiger partial charge in [-0.3, -0.25) is 37.3 Å². The van der Waals surface area contributed by atoms with Gasteiger partial charge in [0, 0.05) is 25.7 Å². The molecule has 0 aliphatic rings. The van der Waals surface area contributed by atoms with Crippen molar-refractivity contribution in [2.75, 3.05) is 39.6 Å². The number of carbonyl (C=O) groups excluding carboxylic acids is 4. The number of rotatable bonds is 63. The van der Waals surface area contributed by atoms with Crippen LogP contribution in [0.25, 0.3) is 0 Å². The molecule has 84 heavy (non-hydrogen) atoms. The minimum Gasteiger partial charge on any atom is -0.462 e. The molecule has 17 nitrogen and oxygen atoms in total. The van der Waals surface area contributed by atoms with Gasteiger partial charge in [0.05, 0.1) is 26.4 Å². The van der Waals surface area contributed by atoms with Crippen molar-refractivity contribution in [1.82, 2.24) is 0 Å². The second-order valence-corrected chi connectivity index (χ2v) is 27.8. The standard InChI is InChI=1S/C65H126O17P2/c1-8-9-10-11-12-24-32-39-46-62(67)75-53-61(82-65(70)49-42-35-28-27-31-38-45-58(6)7)55-80-84(73,74)78-51-59(66)50-77-83(71,72)79-54-60(52-76-63(68)47-40-33-25-21-17-19-23-30-37-44-57(4)5)81-64(69)48-41-34-26-20-16-14-13-15-18-22-29-36-43-56(2)3/h56-61,66H,8-55H2,1-7H3,(H,71,72)(H,73,74)/t59-,60-,61-/m1/s1. The number of aliphatic hydroxyl groups is 1. The van der Waals surface area contributed by atoms with E-state index in [1.165, 1.54) is 122 Å². The predicted octanol–water partition coefficient (Wildman–Crippen LogP) is 17.9. The molecule has 3 N–H and O–H groups in total. The maximum Gasteiger partial charge on any atom is 0.472 e. The number of hydrogen-bond donors (Lipinski definition) is 3. The van der Waals surface area contributed by atoms with Crippen LogP contribution < -0.4 is 0 Å². The molecule has 498 valence electrons. The van der Waals surface area contributed by atoms with E-state index in [-0.39, 0.29) is 25.7 Å². The number of phosphoric ester groups is 2. The number of phosphoric acid groups is 2. The maximum atomic E-state index is 13.0. The zero-order valence-corrected chi connectivity index (χ0v) is 56.1. The molecule has 0 radical (unpaired) electrons. The largest absolute Gasteiger partial charge is 0.472 e. The first kappa shape index (κ1) is 82.1. The normalized spacial score (nSPS) is 14.3. The van der Waals surface area contributed by atoms with Gasteiger partial charge in [0.25, 0.3) is 0 Å². The van der Waals surface area contributed by atoms with Crippen LogP contribution in [0.4, 0.5) is 0 Å². The van der Waals surface area contributed by atoms with Crippen molar-refractivity contribution in [2.45, 2.75) is 336 Å². The Labute approximate surface area is 511 Å². The van der Waals surface area contributed by atoms with E-state index >= 15 is 0 Å². The highest BCUT2D eigenvalue weighted by Crippen LogP contribution is 2.45. The van der Waals surface area contributed by atoms with Crippen molar-refractivity contribution in [1.29, 1.82) is 0 Å². The summed E-state index contributed by atoms with van der Waals surface area (Å²) < 4.78 is 68.0. The van der Waals surface area contributed by atoms with Crippen LogP contribution in [-0.4, -0.2) is 96.7 Å². The summed E-state index contributed by atoms with van der Waals surface area (Å²) in [6, 6.07) is 0. The van der Waals surface area contributed by atoms with Gasteiger partial charge >= 0.3 is 39.5 Å². The average Bonchev–Trinajstić information content (AvgIpc) is 3.51. The van der Waals surface area contributed by atoms with E-state index in [1.807, 2.05) is 0 Å². The fourth-order valence-electron chi connectivity index (χ4n) is 9.66. The summed E-state index contributed by atoms with van der Waals surface area (Å²) in [7, 11) is -9.89. The molecule has 0 rings (SSSR count). The van der Waals surface area contributed by atoms with Crippen molar-refractivity contribution in [3.8, 4) is 0 Å². The lowest BCUT2D eigenvalue weighted by Crippen LogP contribution is -2.30. The van der Waals surface area contributed by atoms with Crippen LogP contribution in [0.1, 0.15) is 318 Å². The molecule has 0 bridgehead atoms. The number of esters is 4. The molecular weight excluding hydrogens is 1110 g/mol. The first-order chi connectivity index (χ1) is 40.2. The average molecular weight is 1240 g/mol. The first-order valence-electron chi connectivity index (χ1n) is 33.8. The molecular formula is C65H126O17P2. The molecule has 0 fully saturated rings. The Morgan fingerprint density at radius 2 is 0.548 bits per heavy atom. The Balaban J connectivity index is 5.22. The second kappa shape index (κ2) is 56.3. The van der Waals surface area contributed by atoms with Gasteiger partial charge in [-0.25, -0.2) is 9.13 Å². The van der Waals surface area contributed by atoms with Crippen molar-refractivity contribution in [3.05, 3.63) is 0 Å². The summed E-state index contributed by atoms with van der Waals surface area (Å²) >= 11 is 0. The third-order valence-electron chi connectivity index (χ3n) is 14.9. The number of hydrogen-bond acceptors (Lipinski definition) is 15. The number of carbonyl (C=O) groups is 4. The monoisotopic (exact) mass is 1240 g/mol. The Morgan fingerprint density at radius 1 is 0.321 bits per heavy atom. The van der Waals surface area contributed by atoms with Crippen LogP contribution in [0.3, 0.4) is 0 Å². The second-order valence-electron chi connectivity index (χ2n) is 24.9. The minimum atomic E-state index is -4.95. The van der Waals surface area contributed by atoms with Crippen LogP contribution in [0.5, 0.6) is 0 Å². The lowest BCUT2D eigenvalue weighted by atomic mass is 10.0. The Bertz CT molecular complexity index is 1660. The highest BCUT2D eigenvalue weighted by molar-refractivity contribution is 7.47. The molecule has 0 aliphatic carbocycles. The SMILES string of the molecule is CCCCCCCCCCC(=O)OC[C@H](COP(=O)(O)OC[C@H](O)COP(=O)(O)OC[C@@H](COC(=O)CCCCCCCCCCCC(C)C)OC(=O)CCCCCCCCCCCCCCC(C)C)OC(=O)CCCCCCCCC(C)C. The first-order valence-corrected chi connectivity index (χ1v) is 36.8. The Kier molecular flexibility index (Phi) is 55.0. The molecule has 0 spiro atoms. The summed E-state index contributed by atoms with van der Waals surface area (Å²) in [5.74, 6) is 0.0500. The van der Waals surface area contributed by atoms with Gasteiger partial charge in [0.1, 0.15) is 19.3 Å². The zero-order chi connectivity index (χ0) is 62.4. The third-order valence-corrected chi connectivity index (χ3v) is 16.8. The summed E-state index contributed by atoms with van der Waals surface area (Å²) in [5.41, 5.74) is 0. The van der Waals surface area contributed by atoms with Gasteiger partial charge in [-0.15, -0.1) is 0 Å². The predicted molar refractivity (Wildman–Crippen MR) is 335 cm³/mol. The molecule has 0 amide bonds. The molecule has 2 unspecified atom stereocenters. The summed E-state index contributed by atoms with van der Waals surface area (Å²) in [5, 5.41) is 10.5. The lowest BCUT2D eigenvalue weighted by Gasteiger charge is -2.21. The zero-order valence-electron chi connectivity index (χ0n) is 54.4. The minimum absolute atomic E-state index is 0.102. The molecule has 0 aromatic rings. The van der Waals surface area contributed by atoms with Crippen molar-refractivity contribution in [3.63, 3.8) is 0 Å². The number of aliphatic hydroxyl groups excluding tert-OH is 1. The van der Waals surface area contributed by atoms with E-state index < -0.39 is 97.5 Å². The highest BCUT2D eigenvalue weighted by atomic mass is 31.2. The van der Waals surface area contributed by atoms with Crippen LogP contribution >= 0.6 is 15.6 Å². The molecule has 0 aromatic heterocycles. The van der Waals surface area contributed by atoms with Gasteiger partial charge in [-0.1, -0.05) is 267 Å². The lowest BCUT2D eigenvalue weighted by molar-refractivity contribution is -0.161. The van der Waals surface area contributed by atoms with E-state index in [1.54, 1.807) is 0 Å². The Hall–Kier alpha value is -1.94. The van der Waals surface area contributed by atoms with Crippen LogP contribution in [-0.2, 0) is 65.4 Å². The molecule has 0 heterocycles. The van der Waals surface area contributed by atoms with Crippen LogP contribution in [0, 0.1) is 17.8 Å². The number of unbranched alkanes of at least 4 members (excludes halogenated alkanes) is 31. The van der Waals surface area contributed by atoms with E-state index in [0.29, 0.717) is 31.6 Å². The topological polar surface area (TPSA) is 237 Å². The summed E-state index contributed by atoms with van der Waals surface area (Å²) in [6.07, 6.45) is 37.8. The summed E-state index contributed by atoms with van der Waals surface area (Å²) in [4.78, 5) is 72.2. The smallest absolute Gasteiger partial charge is 0.462 e. The molecule has 5 atom stereocenters. The molecule has 0 saturated carbocycles. The quantitative estimate of drug-likeness (QED) is 0.0222. The van der Waals surface area contributed by atoms with Gasteiger partial charge in [0.2, 0.25) is 0 Å². The number of ether oxygens (including phenoxy) is 4. The molecule has 0 aliphatic heterocycles. The summed E-state index contributed by atoms with van der Waals surface area (Å²) in [6.45, 7) is 11.7. The van der Waals surface area contributed by atoms with Crippen molar-refractivity contribution >= 4 is 39.5 Å². The highest BCUT2D eigenvalue weighted by Gasteiger charge is 2.30. The van der Waals surface area contributed by atoms with Gasteiger partial charge < -0.3 is 33.8 Å². The van der Waals surface area contributed by atoms with Gasteiger partial charge in [0.15, 0.2) is 12.2 Å². The van der Waals surface area contributed by atoms with Crippen molar-refractivity contribution < 1.29 is 80.2 Å².